The monoisotopic (exact) mass is 457 g/mol. The van der Waals surface area contributed by atoms with Crippen LogP contribution in [0.4, 0.5) is 0 Å². The van der Waals surface area contributed by atoms with Crippen LogP contribution < -0.4 is 0 Å². The molecule has 0 spiro atoms. The van der Waals surface area contributed by atoms with Crippen molar-refractivity contribution in [2.24, 2.45) is 11.3 Å². The second kappa shape index (κ2) is 11.3. The zero-order chi connectivity index (χ0) is 24.2. The first-order valence-electron chi connectivity index (χ1n) is 13.5. The van der Waals surface area contributed by atoms with E-state index in [-0.39, 0.29) is 11.6 Å². The van der Waals surface area contributed by atoms with Crippen LogP contribution in [-0.4, -0.2) is 35.1 Å². The molecule has 2 bridgehead atoms. The van der Waals surface area contributed by atoms with Crippen molar-refractivity contribution < 1.29 is 14.0 Å². The van der Waals surface area contributed by atoms with E-state index in [1.54, 1.807) is 6.92 Å². The van der Waals surface area contributed by atoms with Crippen LogP contribution in [0.2, 0.25) is 0 Å². The first-order valence-corrected chi connectivity index (χ1v) is 13.5. The SMILES string of the molecule is CC(=O)CN1[C@@H]2CC[C@H]1CC(CCCC(=O)c1c(C)oc3c1CCCC3)C2.CCC(C)(C)C. The zero-order valence-corrected chi connectivity index (χ0v) is 22.1. The average molecular weight is 458 g/mol. The normalized spacial score (nSPS) is 24.7. The van der Waals surface area contributed by atoms with Gasteiger partial charge in [-0.3, -0.25) is 14.5 Å². The smallest absolute Gasteiger partial charge is 0.166 e. The number of ketones is 2. The van der Waals surface area contributed by atoms with Crippen molar-refractivity contribution in [1.82, 2.24) is 4.90 Å². The van der Waals surface area contributed by atoms with Gasteiger partial charge in [0.15, 0.2) is 5.78 Å². The highest BCUT2D eigenvalue weighted by atomic mass is 16.3. The van der Waals surface area contributed by atoms with Gasteiger partial charge in [-0.05, 0) is 83.0 Å². The van der Waals surface area contributed by atoms with Gasteiger partial charge in [-0.25, -0.2) is 0 Å². The standard InChI is InChI=1S/C23H33NO3.C6H14/c1-15(25)14-24-18-10-11-19(24)13-17(12-18)6-5-8-21(26)23-16(2)27-22-9-4-3-7-20(22)23;1-5-6(2,3)4/h17-19H,3-14H2,1-2H3;5H2,1-4H3/t17?,18-,19+;. The predicted molar refractivity (Wildman–Crippen MR) is 135 cm³/mol. The van der Waals surface area contributed by atoms with Gasteiger partial charge in [-0.15, -0.1) is 0 Å². The number of rotatable bonds is 7. The minimum Gasteiger partial charge on any atom is -0.465 e. The number of nitrogens with zero attached hydrogens (tertiary/aromatic N) is 1. The molecule has 4 nitrogen and oxygen atoms in total. The number of Topliss-reactive ketones (excluding diaryl/α,β-unsaturated/α-hetero) is 2. The second-order valence-electron chi connectivity index (χ2n) is 12.0. The molecule has 2 fully saturated rings. The fraction of sp³-hybridized carbons (Fsp3) is 0.793. The largest absolute Gasteiger partial charge is 0.465 e. The van der Waals surface area contributed by atoms with Crippen LogP contribution in [0.5, 0.6) is 0 Å². The molecule has 3 aliphatic rings. The molecule has 0 amide bonds. The Balaban J connectivity index is 0.000000454. The van der Waals surface area contributed by atoms with Gasteiger partial charge >= 0.3 is 0 Å². The van der Waals surface area contributed by atoms with E-state index in [2.05, 4.69) is 32.6 Å². The maximum absolute atomic E-state index is 12.8. The minimum atomic E-state index is 0.287. The Morgan fingerprint density at radius 2 is 1.67 bits per heavy atom. The summed E-state index contributed by atoms with van der Waals surface area (Å²) in [4.78, 5) is 26.8. The fourth-order valence-electron chi connectivity index (χ4n) is 5.88. The molecular weight excluding hydrogens is 410 g/mol. The van der Waals surface area contributed by atoms with Crippen LogP contribution >= 0.6 is 0 Å². The Hall–Kier alpha value is -1.42. The molecule has 0 N–H and O–H groups in total. The lowest BCUT2D eigenvalue weighted by Crippen LogP contribution is -2.45. The van der Waals surface area contributed by atoms with Crippen LogP contribution in [0.3, 0.4) is 0 Å². The van der Waals surface area contributed by atoms with Gasteiger partial charge in [0.1, 0.15) is 17.3 Å². The fourth-order valence-corrected chi connectivity index (χ4v) is 5.88. The molecule has 1 aromatic heterocycles. The van der Waals surface area contributed by atoms with Crippen molar-refractivity contribution in [3.63, 3.8) is 0 Å². The van der Waals surface area contributed by atoms with Gasteiger partial charge in [0.05, 0.1) is 12.1 Å². The van der Waals surface area contributed by atoms with Crippen LogP contribution in [0.25, 0.3) is 0 Å². The van der Waals surface area contributed by atoms with Crippen LogP contribution in [-0.2, 0) is 17.6 Å². The van der Waals surface area contributed by atoms with E-state index in [1.807, 2.05) is 6.92 Å². The summed E-state index contributed by atoms with van der Waals surface area (Å²) in [6.07, 6.45) is 13.3. The van der Waals surface area contributed by atoms with Crippen LogP contribution in [0, 0.1) is 18.3 Å². The topological polar surface area (TPSA) is 50.5 Å². The highest BCUT2D eigenvalue weighted by Gasteiger charge is 2.40. The lowest BCUT2D eigenvalue weighted by Gasteiger charge is -2.38. The molecule has 33 heavy (non-hydrogen) atoms. The Kier molecular flexibility index (Phi) is 9.00. The van der Waals surface area contributed by atoms with E-state index in [1.165, 1.54) is 50.5 Å². The third kappa shape index (κ3) is 7.04. The van der Waals surface area contributed by atoms with Gasteiger partial charge in [0.2, 0.25) is 0 Å². The Morgan fingerprint density at radius 3 is 2.24 bits per heavy atom. The summed E-state index contributed by atoms with van der Waals surface area (Å²) in [6.45, 7) is 13.2. The summed E-state index contributed by atoms with van der Waals surface area (Å²) in [5.41, 5.74) is 2.65. The molecule has 4 rings (SSSR count). The van der Waals surface area contributed by atoms with Gasteiger partial charge in [0, 0.05) is 30.5 Å². The summed E-state index contributed by atoms with van der Waals surface area (Å²) in [7, 11) is 0. The Morgan fingerprint density at radius 1 is 1.06 bits per heavy atom. The molecule has 4 heteroatoms. The first kappa shape index (κ1) is 26.2. The van der Waals surface area contributed by atoms with Gasteiger partial charge in [-0.2, -0.15) is 0 Å². The van der Waals surface area contributed by atoms with E-state index < -0.39 is 0 Å². The zero-order valence-electron chi connectivity index (χ0n) is 22.1. The highest BCUT2D eigenvalue weighted by Crippen LogP contribution is 2.40. The number of fused-ring (bicyclic) bond motifs is 3. The third-order valence-corrected chi connectivity index (χ3v) is 8.09. The lowest BCUT2D eigenvalue weighted by molar-refractivity contribution is -0.119. The maximum atomic E-state index is 12.8. The molecule has 3 atom stereocenters. The number of carbonyl (C=O) groups excluding carboxylic acids is 2. The summed E-state index contributed by atoms with van der Waals surface area (Å²) >= 11 is 0. The van der Waals surface area contributed by atoms with Gasteiger partial charge in [0.25, 0.3) is 0 Å². The van der Waals surface area contributed by atoms with Crippen molar-refractivity contribution in [2.45, 2.75) is 131 Å². The molecule has 2 aliphatic heterocycles. The van der Waals surface area contributed by atoms with Crippen molar-refractivity contribution in [2.75, 3.05) is 6.54 Å². The van der Waals surface area contributed by atoms with E-state index in [0.29, 0.717) is 30.5 Å². The second-order valence-corrected chi connectivity index (χ2v) is 12.0. The molecule has 3 heterocycles. The molecule has 1 aromatic rings. The molecule has 0 radical (unpaired) electrons. The number of piperidine rings is 1. The van der Waals surface area contributed by atoms with E-state index in [0.717, 1.165) is 48.7 Å². The van der Waals surface area contributed by atoms with Crippen molar-refractivity contribution in [1.29, 1.82) is 0 Å². The lowest BCUT2D eigenvalue weighted by atomic mass is 9.85. The van der Waals surface area contributed by atoms with E-state index in [9.17, 15) is 9.59 Å². The summed E-state index contributed by atoms with van der Waals surface area (Å²) in [6, 6.07) is 1.19. The molecule has 0 saturated carbocycles. The highest BCUT2D eigenvalue weighted by molar-refractivity contribution is 5.98. The average Bonchev–Trinajstić information content (AvgIpc) is 3.18. The summed E-state index contributed by atoms with van der Waals surface area (Å²) < 4.78 is 5.88. The minimum absolute atomic E-state index is 0.287. The molecule has 186 valence electrons. The van der Waals surface area contributed by atoms with Crippen molar-refractivity contribution in [3.05, 3.63) is 22.6 Å². The third-order valence-electron chi connectivity index (χ3n) is 8.09. The molecule has 1 aliphatic carbocycles. The van der Waals surface area contributed by atoms with Crippen LogP contribution in [0.1, 0.15) is 126 Å². The Labute approximate surface area is 201 Å². The van der Waals surface area contributed by atoms with E-state index in [4.69, 9.17) is 4.42 Å². The molecular formula is C29H47NO3. The number of carbonyl (C=O) groups is 2. The molecule has 1 unspecified atom stereocenters. The molecule has 0 aromatic carbocycles. The van der Waals surface area contributed by atoms with Crippen molar-refractivity contribution in [3.8, 4) is 0 Å². The summed E-state index contributed by atoms with van der Waals surface area (Å²) in [5, 5.41) is 0. The van der Waals surface area contributed by atoms with E-state index >= 15 is 0 Å². The van der Waals surface area contributed by atoms with Crippen molar-refractivity contribution >= 4 is 11.6 Å². The van der Waals surface area contributed by atoms with Gasteiger partial charge in [-0.1, -0.05) is 34.1 Å². The molecule has 2 saturated heterocycles. The summed E-state index contributed by atoms with van der Waals surface area (Å²) in [5.74, 6) is 3.20. The quantitative estimate of drug-likeness (QED) is 0.410. The van der Waals surface area contributed by atoms with Crippen LogP contribution in [0.15, 0.2) is 4.42 Å². The van der Waals surface area contributed by atoms with Gasteiger partial charge < -0.3 is 4.42 Å². The number of furan rings is 1. The first-order chi connectivity index (χ1) is 15.6. The maximum Gasteiger partial charge on any atom is 0.166 e. The number of aryl methyl sites for hydroxylation is 2. The number of hydrogen-bond acceptors (Lipinski definition) is 4. The Bertz CT molecular complexity index is 802. The predicted octanol–water partition coefficient (Wildman–Crippen LogP) is 7.09. The number of hydrogen-bond donors (Lipinski definition) is 0.